The van der Waals surface area contributed by atoms with Crippen LogP contribution in [-0.4, -0.2) is 47.9 Å². The van der Waals surface area contributed by atoms with Crippen LogP contribution in [0.3, 0.4) is 0 Å². The largest absolute Gasteiger partial charge is 0.493 e. The Morgan fingerprint density at radius 3 is 2.87 bits per heavy atom. The number of nitrogens with one attached hydrogen (secondary N) is 1. The predicted octanol–water partition coefficient (Wildman–Crippen LogP) is 5.70. The van der Waals surface area contributed by atoms with E-state index in [1.807, 2.05) is 24.4 Å². The van der Waals surface area contributed by atoms with E-state index < -0.39 is 12.3 Å². The molecule has 4 aromatic rings. The van der Waals surface area contributed by atoms with Gasteiger partial charge in [0.25, 0.3) is 0 Å². The lowest BCUT2D eigenvalue weighted by atomic mass is 9.91. The van der Waals surface area contributed by atoms with E-state index in [1.165, 1.54) is 7.11 Å². The molecular formula is C30H31FN2O5. The summed E-state index contributed by atoms with van der Waals surface area (Å²) in [5.41, 5.74) is 4.34. The van der Waals surface area contributed by atoms with Crippen LogP contribution >= 0.6 is 0 Å². The van der Waals surface area contributed by atoms with Gasteiger partial charge in [-0.15, -0.1) is 0 Å². The zero-order valence-corrected chi connectivity index (χ0v) is 21.8. The lowest BCUT2D eigenvalue weighted by Gasteiger charge is -2.24. The zero-order valence-electron chi connectivity index (χ0n) is 21.8. The number of aliphatic hydroxyl groups is 1. The van der Waals surface area contributed by atoms with Crippen LogP contribution < -0.4 is 14.2 Å². The molecule has 8 heteroatoms. The molecule has 7 nitrogen and oxygen atoms in total. The van der Waals surface area contributed by atoms with Crippen LogP contribution in [0.15, 0.2) is 48.7 Å². The maximum atomic E-state index is 13.0. The summed E-state index contributed by atoms with van der Waals surface area (Å²) in [7, 11) is 1.46. The number of aryl methyl sites for hydroxylation is 1. The fraction of sp³-hybridized carbons (Fsp3) is 0.333. The van der Waals surface area contributed by atoms with Crippen LogP contribution in [0.25, 0.3) is 22.2 Å². The van der Waals surface area contributed by atoms with E-state index in [0.29, 0.717) is 35.1 Å². The van der Waals surface area contributed by atoms with E-state index in [-0.39, 0.29) is 25.2 Å². The quantitative estimate of drug-likeness (QED) is 0.262. The number of alkyl halides is 1. The maximum Gasteiger partial charge on any atom is 0.163 e. The smallest absolute Gasteiger partial charge is 0.163 e. The molecule has 0 unspecified atom stereocenters. The van der Waals surface area contributed by atoms with Crippen molar-refractivity contribution in [3.05, 3.63) is 71.0 Å². The number of Topliss-reactive ketones (excluding diaryl/α,β-unsaturated/α-hetero) is 1. The molecule has 0 saturated heterocycles. The van der Waals surface area contributed by atoms with Gasteiger partial charge in [0, 0.05) is 46.6 Å². The van der Waals surface area contributed by atoms with Crippen LogP contribution in [0.5, 0.6) is 17.2 Å². The Bertz CT molecular complexity index is 1490. The Morgan fingerprint density at radius 2 is 2.08 bits per heavy atom. The van der Waals surface area contributed by atoms with E-state index in [9.17, 15) is 14.3 Å². The summed E-state index contributed by atoms with van der Waals surface area (Å²) < 4.78 is 29.1. The molecule has 0 aliphatic carbocycles. The molecule has 0 saturated carbocycles. The second-order valence-electron chi connectivity index (χ2n) is 9.74. The number of aromatic nitrogens is 2. The first-order chi connectivity index (χ1) is 18.3. The van der Waals surface area contributed by atoms with E-state index in [1.54, 1.807) is 25.1 Å². The lowest BCUT2D eigenvalue weighted by molar-refractivity contribution is 0.0397. The van der Waals surface area contributed by atoms with E-state index in [2.05, 4.69) is 18.0 Å². The summed E-state index contributed by atoms with van der Waals surface area (Å²) in [6.45, 7) is 3.58. The Kier molecular flexibility index (Phi) is 7.08. The average Bonchev–Trinajstić information content (AvgIpc) is 3.58. The number of aromatic amines is 1. The topological polar surface area (TPSA) is 93.7 Å². The second kappa shape index (κ2) is 10.5. The number of carbonyl (C=O) groups excluding carboxylic acids is 1. The van der Waals surface area contributed by atoms with Gasteiger partial charge in [0.15, 0.2) is 17.3 Å². The molecule has 0 fully saturated rings. The van der Waals surface area contributed by atoms with E-state index in [0.717, 1.165) is 39.8 Å². The number of pyridine rings is 1. The zero-order chi connectivity index (χ0) is 26.9. The molecule has 1 atom stereocenters. The number of rotatable bonds is 10. The average molecular weight is 519 g/mol. The van der Waals surface area contributed by atoms with Gasteiger partial charge in [-0.05, 0) is 50.1 Å². The predicted molar refractivity (Wildman–Crippen MR) is 143 cm³/mol. The van der Waals surface area contributed by atoms with E-state index >= 15 is 0 Å². The van der Waals surface area contributed by atoms with Gasteiger partial charge < -0.3 is 24.3 Å². The summed E-state index contributed by atoms with van der Waals surface area (Å²) in [5, 5.41) is 12.5. The van der Waals surface area contributed by atoms with Crippen molar-refractivity contribution in [2.45, 2.75) is 38.7 Å². The molecule has 0 amide bonds. The van der Waals surface area contributed by atoms with Crippen molar-refractivity contribution in [3.8, 4) is 28.5 Å². The Hall–Kier alpha value is -3.91. The highest BCUT2D eigenvalue weighted by Gasteiger charge is 2.31. The van der Waals surface area contributed by atoms with Gasteiger partial charge in [-0.2, -0.15) is 0 Å². The molecule has 198 valence electrons. The Labute approximate surface area is 220 Å². The summed E-state index contributed by atoms with van der Waals surface area (Å²) in [5.74, 6) is 1.32. The number of ketones is 1. The van der Waals surface area contributed by atoms with Gasteiger partial charge >= 0.3 is 0 Å². The van der Waals surface area contributed by atoms with Gasteiger partial charge in [0.05, 0.1) is 19.4 Å². The van der Waals surface area contributed by atoms with Crippen molar-refractivity contribution in [2.75, 3.05) is 27.0 Å². The molecule has 5 rings (SSSR count). The molecule has 0 bridgehead atoms. The molecule has 0 radical (unpaired) electrons. The minimum atomic E-state index is -1.35. The van der Waals surface area contributed by atoms with Crippen molar-refractivity contribution in [1.82, 2.24) is 9.97 Å². The Balaban J connectivity index is 1.41. The van der Waals surface area contributed by atoms with E-state index in [4.69, 9.17) is 19.2 Å². The number of hydrogen-bond acceptors (Lipinski definition) is 6. The normalized spacial score (nSPS) is 14.1. The van der Waals surface area contributed by atoms with Crippen molar-refractivity contribution >= 4 is 16.7 Å². The summed E-state index contributed by atoms with van der Waals surface area (Å²) in [4.78, 5) is 21.3. The first kappa shape index (κ1) is 25.7. The summed E-state index contributed by atoms with van der Waals surface area (Å²) >= 11 is 0. The highest BCUT2D eigenvalue weighted by Crippen LogP contribution is 2.41. The molecular weight excluding hydrogens is 487 g/mol. The first-order valence-corrected chi connectivity index (χ1v) is 12.7. The van der Waals surface area contributed by atoms with Gasteiger partial charge in [-0.1, -0.05) is 18.2 Å². The number of halogens is 1. The minimum Gasteiger partial charge on any atom is -0.493 e. The minimum absolute atomic E-state index is 0.0918. The third-order valence-corrected chi connectivity index (χ3v) is 7.06. The monoisotopic (exact) mass is 518 g/mol. The fourth-order valence-electron chi connectivity index (χ4n) is 4.89. The van der Waals surface area contributed by atoms with Gasteiger partial charge in [0.1, 0.15) is 30.3 Å². The molecule has 1 aliphatic heterocycles. The number of hydrogen-bond donors (Lipinski definition) is 2. The van der Waals surface area contributed by atoms with Gasteiger partial charge in [0.2, 0.25) is 0 Å². The number of ether oxygens (including phenoxy) is 3. The number of fused-ring (bicyclic) bond motifs is 2. The molecule has 2 N–H and O–H groups in total. The molecule has 3 heterocycles. The number of benzene rings is 2. The number of H-pyrrole nitrogens is 1. The third-order valence-electron chi connectivity index (χ3n) is 7.06. The van der Waals surface area contributed by atoms with Crippen molar-refractivity contribution in [1.29, 1.82) is 0 Å². The van der Waals surface area contributed by atoms with Gasteiger partial charge in [-0.25, -0.2) is 9.37 Å². The van der Waals surface area contributed by atoms with Crippen LogP contribution in [0.1, 0.15) is 46.9 Å². The lowest BCUT2D eigenvalue weighted by Crippen LogP contribution is -2.24. The highest BCUT2D eigenvalue weighted by molar-refractivity contribution is 5.98. The molecule has 1 aliphatic rings. The number of carbonyl (C=O) groups is 1. The van der Waals surface area contributed by atoms with Crippen molar-refractivity contribution in [3.63, 3.8) is 0 Å². The number of methoxy groups -OCH3 is 1. The second-order valence-corrected chi connectivity index (χ2v) is 9.74. The third kappa shape index (κ3) is 4.84. The molecule has 38 heavy (non-hydrogen) atoms. The summed E-state index contributed by atoms with van der Waals surface area (Å²) in [6.07, 6.45) is 2.92. The van der Waals surface area contributed by atoms with Crippen LogP contribution in [0.4, 0.5) is 4.39 Å². The maximum absolute atomic E-state index is 13.0. The van der Waals surface area contributed by atoms with Gasteiger partial charge in [-0.3, -0.25) is 4.79 Å². The summed E-state index contributed by atoms with van der Waals surface area (Å²) in [6, 6.07) is 12.8. The first-order valence-electron chi connectivity index (χ1n) is 12.7. The van der Waals surface area contributed by atoms with Crippen molar-refractivity contribution in [2.24, 2.45) is 0 Å². The highest BCUT2D eigenvalue weighted by atomic mass is 19.1. The molecule has 2 aromatic heterocycles. The van der Waals surface area contributed by atoms with Crippen LogP contribution in [0, 0.1) is 6.92 Å². The SMILES string of the molecule is COc1cc(C(=O)CC[C@](C)(O)c2cc3c(c(-c4c[nH]c5c(C)cccc45)n2)OCC3)ccc1OCCF. The fourth-order valence-corrected chi connectivity index (χ4v) is 4.89. The Morgan fingerprint density at radius 1 is 1.24 bits per heavy atom. The standard InChI is InChI=1S/C30H31FN2O5/c1-18-5-4-6-21-22(17-32-27(18)21)28-29-20(10-13-38-29)16-26(33-28)30(2,35)11-9-23(34)19-7-8-24(37-14-12-31)25(15-19)36-3/h4-8,15-17,32,35H,9-14H2,1-3H3/t30-/m0/s1. The number of nitrogens with zero attached hydrogens (tertiary/aromatic N) is 1. The number of para-hydroxylation sites is 1. The molecule has 0 spiro atoms. The van der Waals surface area contributed by atoms with Crippen molar-refractivity contribution < 1.29 is 28.5 Å². The molecule has 2 aromatic carbocycles. The van der Waals surface area contributed by atoms with Crippen LogP contribution in [-0.2, 0) is 12.0 Å². The van der Waals surface area contributed by atoms with Crippen LogP contribution in [0.2, 0.25) is 0 Å².